The van der Waals surface area contributed by atoms with Crippen LogP contribution >= 0.6 is 0 Å². The summed E-state index contributed by atoms with van der Waals surface area (Å²) in [5.41, 5.74) is -0.709. The first-order chi connectivity index (χ1) is 12.5. The van der Waals surface area contributed by atoms with Crippen LogP contribution in [0, 0.1) is 67.3 Å². The standard InChI is InChI=1S/C19H15N5O2/c20-9-16-14-3-1-2-4-15(14)17(10-21)19(11-22,18(16)23)12-5-7-13(8-6-12)24(25)26/h3,5-8,15-17,23H,1-2,4H2/t15-,16+,17-,19+/m1/s1. The molecule has 0 spiro atoms. The van der Waals surface area contributed by atoms with Gasteiger partial charge < -0.3 is 5.41 Å². The molecule has 0 saturated heterocycles. The third-order valence-electron chi connectivity index (χ3n) is 5.42. The zero-order valence-electron chi connectivity index (χ0n) is 13.8. The van der Waals surface area contributed by atoms with Crippen molar-refractivity contribution in [2.45, 2.75) is 24.7 Å². The fourth-order valence-electron chi connectivity index (χ4n) is 4.18. The average Bonchev–Trinajstić information content (AvgIpc) is 2.67. The number of nitro benzene ring substituents is 1. The first kappa shape index (κ1) is 17.3. The molecule has 1 N–H and O–H groups in total. The fraction of sp³-hybridized carbons (Fsp3) is 0.368. The van der Waals surface area contributed by atoms with E-state index in [1.165, 1.54) is 24.3 Å². The number of hydrogen-bond donors (Lipinski definition) is 1. The number of non-ortho nitro benzene ring substituents is 1. The number of nitrogens with one attached hydrogen (secondary N) is 1. The number of nitro groups is 1. The maximum absolute atomic E-state index is 10.9. The summed E-state index contributed by atoms with van der Waals surface area (Å²) in [5, 5.41) is 49.1. The van der Waals surface area contributed by atoms with Gasteiger partial charge >= 0.3 is 0 Å². The van der Waals surface area contributed by atoms with Crippen LogP contribution in [-0.2, 0) is 5.41 Å². The molecule has 7 heteroatoms. The van der Waals surface area contributed by atoms with Gasteiger partial charge in [-0.15, -0.1) is 0 Å². The molecular formula is C19H15N5O2. The largest absolute Gasteiger partial charge is 0.306 e. The molecular weight excluding hydrogens is 330 g/mol. The van der Waals surface area contributed by atoms with Crippen LogP contribution in [0.2, 0.25) is 0 Å². The second-order valence-corrected chi connectivity index (χ2v) is 6.55. The summed E-state index contributed by atoms with van der Waals surface area (Å²) in [6.45, 7) is 0. The normalized spacial score (nSPS) is 30.1. The van der Waals surface area contributed by atoms with Gasteiger partial charge in [0.1, 0.15) is 11.3 Å². The van der Waals surface area contributed by atoms with E-state index in [0.29, 0.717) is 12.0 Å². The maximum Gasteiger partial charge on any atom is 0.269 e. The molecule has 0 unspecified atom stereocenters. The van der Waals surface area contributed by atoms with Crippen molar-refractivity contribution in [2.24, 2.45) is 17.8 Å². The number of fused-ring (bicyclic) bond motifs is 1. The van der Waals surface area contributed by atoms with Crippen LogP contribution in [0.5, 0.6) is 0 Å². The molecule has 0 bridgehead atoms. The summed E-state index contributed by atoms with van der Waals surface area (Å²) in [5.74, 6) is -1.92. The number of hydrogen-bond acceptors (Lipinski definition) is 6. The number of allylic oxidation sites excluding steroid dienone is 2. The second-order valence-electron chi connectivity index (χ2n) is 6.55. The van der Waals surface area contributed by atoms with E-state index in [-0.39, 0.29) is 17.3 Å². The smallest absolute Gasteiger partial charge is 0.269 e. The van der Waals surface area contributed by atoms with E-state index in [4.69, 9.17) is 5.41 Å². The Hall–Kier alpha value is -3.50. The Morgan fingerprint density at radius 3 is 2.42 bits per heavy atom. The Morgan fingerprint density at radius 1 is 1.19 bits per heavy atom. The molecule has 7 nitrogen and oxygen atoms in total. The van der Waals surface area contributed by atoms with Crippen molar-refractivity contribution in [2.75, 3.05) is 0 Å². The van der Waals surface area contributed by atoms with Crippen molar-refractivity contribution in [1.29, 1.82) is 21.2 Å². The molecule has 4 atom stereocenters. The summed E-state index contributed by atoms with van der Waals surface area (Å²) in [4.78, 5) is 10.4. The molecule has 0 aromatic heterocycles. The van der Waals surface area contributed by atoms with Crippen LogP contribution in [0.1, 0.15) is 24.8 Å². The van der Waals surface area contributed by atoms with Crippen LogP contribution in [0.4, 0.5) is 5.69 Å². The molecule has 0 heterocycles. The zero-order valence-corrected chi connectivity index (χ0v) is 13.8. The lowest BCUT2D eigenvalue weighted by atomic mass is 9.52. The van der Waals surface area contributed by atoms with Gasteiger partial charge in [0.15, 0.2) is 0 Å². The maximum atomic E-state index is 10.9. The number of nitriles is 3. The SMILES string of the molecule is N#C[C@@H]1C(=N)[C@@](C#N)(c2ccc([N+](=O)[O-])cc2)[C@H](C#N)[C@@H]2CCCC=C12. The molecule has 2 aliphatic carbocycles. The van der Waals surface area contributed by atoms with E-state index < -0.39 is 22.2 Å². The molecule has 1 fully saturated rings. The number of nitrogens with zero attached hydrogens (tertiary/aromatic N) is 4. The van der Waals surface area contributed by atoms with E-state index in [1.807, 2.05) is 6.08 Å². The Balaban J connectivity index is 2.22. The summed E-state index contributed by atoms with van der Waals surface area (Å²) in [6, 6.07) is 11.8. The predicted octanol–water partition coefficient (Wildman–Crippen LogP) is 3.40. The van der Waals surface area contributed by atoms with E-state index in [9.17, 15) is 25.9 Å². The third-order valence-corrected chi connectivity index (χ3v) is 5.42. The lowest BCUT2D eigenvalue weighted by molar-refractivity contribution is -0.384. The summed E-state index contributed by atoms with van der Waals surface area (Å²) in [6.07, 6.45) is 4.27. The number of rotatable bonds is 2. The van der Waals surface area contributed by atoms with Crippen molar-refractivity contribution >= 4 is 11.4 Å². The first-order valence-corrected chi connectivity index (χ1v) is 8.25. The van der Waals surface area contributed by atoms with E-state index in [0.717, 1.165) is 18.4 Å². The van der Waals surface area contributed by atoms with Gasteiger partial charge in [-0.3, -0.25) is 10.1 Å². The molecule has 0 amide bonds. The van der Waals surface area contributed by atoms with Crippen molar-refractivity contribution in [3.05, 3.63) is 51.6 Å². The van der Waals surface area contributed by atoms with E-state index in [2.05, 4.69) is 18.2 Å². The average molecular weight is 345 g/mol. The van der Waals surface area contributed by atoms with Gasteiger partial charge in [0, 0.05) is 12.1 Å². The summed E-state index contributed by atoms with van der Waals surface area (Å²) in [7, 11) is 0. The van der Waals surface area contributed by atoms with E-state index in [1.54, 1.807) is 0 Å². The van der Waals surface area contributed by atoms with Crippen LogP contribution in [0.15, 0.2) is 35.9 Å². The molecule has 26 heavy (non-hydrogen) atoms. The van der Waals surface area contributed by atoms with Crippen LogP contribution in [-0.4, -0.2) is 10.6 Å². The Labute approximate surface area is 150 Å². The van der Waals surface area contributed by atoms with Gasteiger partial charge in [0.25, 0.3) is 5.69 Å². The van der Waals surface area contributed by atoms with Gasteiger partial charge in [-0.1, -0.05) is 18.2 Å². The van der Waals surface area contributed by atoms with E-state index >= 15 is 0 Å². The minimum absolute atomic E-state index is 0.118. The molecule has 1 aromatic rings. The van der Waals surface area contributed by atoms with Crippen molar-refractivity contribution in [1.82, 2.24) is 0 Å². The quantitative estimate of drug-likeness (QED) is 0.497. The minimum Gasteiger partial charge on any atom is -0.306 e. The Morgan fingerprint density at radius 2 is 1.88 bits per heavy atom. The van der Waals surface area contributed by atoms with Crippen molar-refractivity contribution in [3.63, 3.8) is 0 Å². The molecule has 0 radical (unpaired) electrons. The summed E-state index contributed by atoms with van der Waals surface area (Å²) < 4.78 is 0. The van der Waals surface area contributed by atoms with Gasteiger partial charge in [-0.05, 0) is 36.3 Å². The zero-order chi connectivity index (χ0) is 18.9. The second kappa shape index (κ2) is 6.43. The fourth-order valence-corrected chi connectivity index (χ4v) is 4.18. The molecule has 1 saturated carbocycles. The van der Waals surface area contributed by atoms with Gasteiger partial charge in [0.05, 0.1) is 34.8 Å². The summed E-state index contributed by atoms with van der Waals surface area (Å²) >= 11 is 0. The highest BCUT2D eigenvalue weighted by atomic mass is 16.6. The molecule has 3 rings (SSSR count). The highest BCUT2D eigenvalue weighted by molar-refractivity contribution is 6.02. The minimum atomic E-state index is -1.58. The van der Waals surface area contributed by atoms with Crippen molar-refractivity contribution in [3.8, 4) is 18.2 Å². The first-order valence-electron chi connectivity index (χ1n) is 8.25. The highest BCUT2D eigenvalue weighted by Gasteiger charge is 2.57. The molecule has 0 aliphatic heterocycles. The number of benzene rings is 1. The molecule has 1 aromatic carbocycles. The predicted molar refractivity (Wildman–Crippen MR) is 91.7 cm³/mol. The lowest BCUT2D eigenvalue weighted by Crippen LogP contribution is -2.53. The van der Waals surface area contributed by atoms with Gasteiger partial charge in [0.2, 0.25) is 0 Å². The van der Waals surface area contributed by atoms with Crippen LogP contribution in [0.3, 0.4) is 0 Å². The van der Waals surface area contributed by atoms with Gasteiger partial charge in [-0.2, -0.15) is 15.8 Å². The lowest BCUT2D eigenvalue weighted by Gasteiger charge is -2.46. The molecule has 128 valence electrons. The monoisotopic (exact) mass is 345 g/mol. The highest BCUT2D eigenvalue weighted by Crippen LogP contribution is 2.51. The van der Waals surface area contributed by atoms with Crippen LogP contribution < -0.4 is 0 Å². The van der Waals surface area contributed by atoms with Gasteiger partial charge in [-0.25, -0.2) is 0 Å². The van der Waals surface area contributed by atoms with Crippen molar-refractivity contribution < 1.29 is 4.92 Å². The molecule has 2 aliphatic rings. The Bertz CT molecular complexity index is 929. The van der Waals surface area contributed by atoms with Crippen LogP contribution in [0.25, 0.3) is 0 Å². The third kappa shape index (κ3) is 2.28. The Kier molecular flexibility index (Phi) is 4.28. The topological polar surface area (TPSA) is 138 Å².